The Kier molecular flexibility index (Phi) is 6.52. The van der Waals surface area contributed by atoms with Crippen LogP contribution in [0.3, 0.4) is 0 Å². The predicted octanol–water partition coefficient (Wildman–Crippen LogP) is 3.55. The van der Waals surface area contributed by atoms with Gasteiger partial charge in [-0.25, -0.2) is 9.79 Å². The van der Waals surface area contributed by atoms with Gasteiger partial charge in [0.15, 0.2) is 16.7 Å². The van der Waals surface area contributed by atoms with Gasteiger partial charge >= 0.3 is 5.97 Å². The van der Waals surface area contributed by atoms with Crippen LogP contribution in [-0.4, -0.2) is 48.5 Å². The summed E-state index contributed by atoms with van der Waals surface area (Å²) < 4.78 is 16.3. The Morgan fingerprint density at radius 2 is 2.00 bits per heavy atom. The van der Waals surface area contributed by atoms with Crippen LogP contribution in [0, 0.1) is 5.92 Å². The van der Waals surface area contributed by atoms with Crippen LogP contribution in [0.5, 0.6) is 11.5 Å². The van der Waals surface area contributed by atoms with Crippen molar-refractivity contribution in [1.29, 1.82) is 0 Å². The van der Waals surface area contributed by atoms with Crippen LogP contribution in [0.25, 0.3) is 0 Å². The number of benzene rings is 1. The Hall–Kier alpha value is -2.48. The number of nitrogens with zero attached hydrogens (tertiary/aromatic N) is 2. The molecule has 0 aliphatic carbocycles. The molecule has 3 rings (SSSR count). The third-order valence-electron chi connectivity index (χ3n) is 4.70. The first-order chi connectivity index (χ1) is 13.9. The fourth-order valence-electron chi connectivity index (χ4n) is 3.32. The van der Waals surface area contributed by atoms with E-state index in [-0.39, 0.29) is 11.8 Å². The van der Waals surface area contributed by atoms with E-state index in [4.69, 9.17) is 14.2 Å². The molecule has 2 aliphatic heterocycles. The number of ether oxygens (including phenoxy) is 3. The third-order valence-corrected chi connectivity index (χ3v) is 5.65. The van der Waals surface area contributed by atoms with Crippen LogP contribution in [-0.2, 0) is 14.3 Å². The number of hydrogen-bond acceptors (Lipinski definition) is 7. The Morgan fingerprint density at radius 1 is 1.28 bits per heavy atom. The van der Waals surface area contributed by atoms with Gasteiger partial charge in [-0.15, -0.1) is 0 Å². The second-order valence-corrected chi connectivity index (χ2v) is 8.33. The molecule has 0 spiro atoms. The summed E-state index contributed by atoms with van der Waals surface area (Å²) in [5.74, 6) is 1.46. The van der Waals surface area contributed by atoms with Crippen molar-refractivity contribution in [2.45, 2.75) is 33.2 Å². The second-order valence-electron chi connectivity index (χ2n) is 7.26. The summed E-state index contributed by atoms with van der Waals surface area (Å²) in [6, 6.07) is 4.78. The minimum atomic E-state index is -0.623. The number of amides is 1. The second kappa shape index (κ2) is 8.90. The average molecular weight is 419 g/mol. The molecule has 0 saturated carbocycles. The highest BCUT2D eigenvalue weighted by Crippen LogP contribution is 2.42. The van der Waals surface area contributed by atoms with E-state index in [1.165, 1.54) is 11.8 Å². The van der Waals surface area contributed by atoms with Crippen LogP contribution in [0.2, 0.25) is 0 Å². The topological polar surface area (TPSA) is 77.4 Å². The lowest BCUT2D eigenvalue weighted by Gasteiger charge is -2.39. The zero-order chi connectivity index (χ0) is 21.1. The average Bonchev–Trinajstić information content (AvgIpc) is 2.70. The molecule has 0 radical (unpaired) electrons. The van der Waals surface area contributed by atoms with Gasteiger partial charge in [0.1, 0.15) is 0 Å². The van der Waals surface area contributed by atoms with Gasteiger partial charge in [0.05, 0.1) is 38.1 Å². The Morgan fingerprint density at radius 3 is 2.66 bits per heavy atom. The molecule has 8 heteroatoms. The number of carbonyl (C=O) groups is 2. The van der Waals surface area contributed by atoms with Gasteiger partial charge in [-0.05, 0) is 30.5 Å². The normalized spacial score (nSPS) is 19.1. The molecular weight excluding hydrogens is 392 g/mol. The van der Waals surface area contributed by atoms with Gasteiger partial charge in [-0.1, -0.05) is 31.7 Å². The van der Waals surface area contributed by atoms with E-state index in [0.29, 0.717) is 46.7 Å². The van der Waals surface area contributed by atoms with E-state index in [2.05, 4.69) is 4.99 Å². The van der Waals surface area contributed by atoms with Crippen molar-refractivity contribution in [1.82, 2.24) is 4.90 Å². The highest BCUT2D eigenvalue weighted by atomic mass is 32.2. The third kappa shape index (κ3) is 4.27. The quantitative estimate of drug-likeness (QED) is 0.658. The van der Waals surface area contributed by atoms with E-state index in [1.807, 2.05) is 19.9 Å². The summed E-state index contributed by atoms with van der Waals surface area (Å²) in [5.41, 5.74) is 1.67. The van der Waals surface area contributed by atoms with Crippen molar-refractivity contribution in [3.05, 3.63) is 35.0 Å². The van der Waals surface area contributed by atoms with Gasteiger partial charge in [-0.3, -0.25) is 9.69 Å². The number of amidine groups is 1. The van der Waals surface area contributed by atoms with Crippen molar-refractivity contribution in [2.24, 2.45) is 10.9 Å². The number of aliphatic imine (C=N–C) groups is 1. The number of hydrogen-bond donors (Lipinski definition) is 0. The lowest BCUT2D eigenvalue weighted by molar-refractivity contribution is -0.141. The molecule has 1 atom stereocenters. The fourth-order valence-corrected chi connectivity index (χ4v) is 4.32. The van der Waals surface area contributed by atoms with E-state index >= 15 is 0 Å². The molecule has 0 unspecified atom stereocenters. The van der Waals surface area contributed by atoms with Crippen molar-refractivity contribution >= 4 is 28.8 Å². The zero-order valence-corrected chi connectivity index (χ0v) is 18.2. The van der Waals surface area contributed by atoms with E-state index in [0.717, 1.165) is 5.56 Å². The number of methoxy groups -OCH3 is 2. The Bertz CT molecular complexity index is 878. The number of fused-ring (bicyclic) bond motifs is 1. The molecule has 0 N–H and O–H groups in total. The van der Waals surface area contributed by atoms with Gasteiger partial charge in [0, 0.05) is 12.2 Å². The number of allylic oxidation sites excluding steroid dienone is 1. The first kappa shape index (κ1) is 21.2. The predicted molar refractivity (Wildman–Crippen MR) is 112 cm³/mol. The van der Waals surface area contributed by atoms with Crippen LogP contribution in [0.15, 0.2) is 34.5 Å². The molecule has 1 saturated heterocycles. The van der Waals surface area contributed by atoms with E-state index < -0.39 is 12.0 Å². The maximum atomic E-state index is 13.0. The lowest BCUT2D eigenvalue weighted by atomic mass is 9.93. The van der Waals surface area contributed by atoms with Crippen molar-refractivity contribution in [2.75, 3.05) is 26.6 Å². The summed E-state index contributed by atoms with van der Waals surface area (Å²) in [6.45, 7) is 6.03. The van der Waals surface area contributed by atoms with Gasteiger partial charge in [0.2, 0.25) is 5.91 Å². The SMILES string of the molecule is COc1ccc([C@H]2C(C(=O)OCC(C)C)=C(C)N=C3SCCC(=O)N32)cc1OC. The lowest BCUT2D eigenvalue weighted by Crippen LogP contribution is -2.45. The summed E-state index contributed by atoms with van der Waals surface area (Å²) >= 11 is 1.52. The molecule has 2 aliphatic rings. The van der Waals surface area contributed by atoms with E-state index in [9.17, 15) is 9.59 Å². The minimum Gasteiger partial charge on any atom is -0.493 e. The van der Waals surface area contributed by atoms with E-state index in [1.54, 1.807) is 38.2 Å². The number of thioether (sulfide) groups is 1. The first-order valence-electron chi connectivity index (χ1n) is 9.50. The number of carbonyl (C=O) groups excluding carboxylic acids is 2. The van der Waals surface area contributed by atoms with Crippen molar-refractivity contribution in [3.8, 4) is 11.5 Å². The molecule has 1 aromatic carbocycles. The summed E-state index contributed by atoms with van der Waals surface area (Å²) in [6.07, 6.45) is 0.390. The molecule has 2 heterocycles. The standard InChI is InChI=1S/C21H26N2O5S/c1-12(2)11-28-20(25)18-13(3)22-21-23(17(24)8-9-29-21)19(18)14-6-7-15(26-4)16(10-14)27-5/h6-7,10,12,19H,8-9,11H2,1-5H3/t19-/m0/s1. The molecule has 7 nitrogen and oxygen atoms in total. The van der Waals surface area contributed by atoms with Crippen LogP contribution >= 0.6 is 11.8 Å². The Labute approximate surface area is 175 Å². The van der Waals surface area contributed by atoms with Crippen molar-refractivity contribution < 1.29 is 23.8 Å². The van der Waals surface area contributed by atoms with Gasteiger partial charge in [0.25, 0.3) is 0 Å². The smallest absolute Gasteiger partial charge is 0.338 e. The van der Waals surface area contributed by atoms with Gasteiger partial charge in [-0.2, -0.15) is 0 Å². The Balaban J connectivity index is 2.11. The summed E-state index contributed by atoms with van der Waals surface area (Å²) in [4.78, 5) is 32.0. The number of esters is 1. The maximum Gasteiger partial charge on any atom is 0.338 e. The molecule has 1 amide bonds. The molecule has 29 heavy (non-hydrogen) atoms. The summed E-state index contributed by atoms with van der Waals surface area (Å²) in [5, 5.41) is 0.610. The monoisotopic (exact) mass is 418 g/mol. The van der Waals surface area contributed by atoms with Gasteiger partial charge < -0.3 is 14.2 Å². The van der Waals surface area contributed by atoms with Crippen LogP contribution in [0.1, 0.15) is 38.8 Å². The first-order valence-corrected chi connectivity index (χ1v) is 10.5. The number of rotatable bonds is 6. The fraction of sp³-hybridized carbons (Fsp3) is 0.476. The molecular formula is C21H26N2O5S. The zero-order valence-electron chi connectivity index (χ0n) is 17.4. The highest BCUT2D eigenvalue weighted by Gasteiger charge is 2.42. The molecule has 0 aromatic heterocycles. The van der Waals surface area contributed by atoms with Crippen LogP contribution < -0.4 is 9.47 Å². The molecule has 156 valence electrons. The highest BCUT2D eigenvalue weighted by molar-refractivity contribution is 8.14. The minimum absolute atomic E-state index is 0.0658. The van der Waals surface area contributed by atoms with Crippen molar-refractivity contribution in [3.63, 3.8) is 0 Å². The maximum absolute atomic E-state index is 13.0. The molecule has 1 fully saturated rings. The molecule has 1 aromatic rings. The summed E-state index contributed by atoms with van der Waals surface area (Å²) in [7, 11) is 3.11. The molecule has 0 bridgehead atoms. The van der Waals surface area contributed by atoms with Crippen LogP contribution in [0.4, 0.5) is 0 Å². The largest absolute Gasteiger partial charge is 0.493 e.